The van der Waals surface area contributed by atoms with E-state index in [1.165, 1.54) is 11.1 Å². The standard InChI is InChI=1S/C28H34N4O5/c1-27(2,3)17-10-11-19-16(13-17)9-12-20(19)29-25(33)30-21-7-6-8-23-24(21)22(31-32(23)26(34)35)14-18-15-36-28(4,5)37-18/h6-8,10-11,13,18,20H,9,12,14-15H2,1-5H3,(H,34,35)(H2,29,30,33). The summed E-state index contributed by atoms with van der Waals surface area (Å²) in [5.74, 6) is -0.706. The molecule has 1 fully saturated rings. The number of rotatable bonds is 4. The Bertz CT molecular complexity index is 1370. The molecule has 2 atom stereocenters. The van der Waals surface area contributed by atoms with E-state index in [-0.39, 0.29) is 23.6 Å². The monoisotopic (exact) mass is 506 g/mol. The van der Waals surface area contributed by atoms with Gasteiger partial charge in [-0.25, -0.2) is 9.59 Å². The number of ether oxygens (including phenoxy) is 2. The quantitative estimate of drug-likeness (QED) is 0.439. The lowest BCUT2D eigenvalue weighted by Crippen LogP contribution is -2.31. The number of carboxylic acid groups (broad SMARTS) is 1. The molecule has 9 heteroatoms. The SMILES string of the molecule is CC1(C)OCC(Cc2nn(C(=O)O)c3cccc(NC(=O)NC4CCc5cc(C(C)(C)C)ccc54)c23)O1. The minimum absolute atomic E-state index is 0.0696. The van der Waals surface area contributed by atoms with Crippen molar-refractivity contribution in [2.24, 2.45) is 0 Å². The summed E-state index contributed by atoms with van der Waals surface area (Å²) in [6, 6.07) is 11.2. The summed E-state index contributed by atoms with van der Waals surface area (Å²) in [5, 5.41) is 20.7. The molecule has 2 aromatic carbocycles. The zero-order chi connectivity index (χ0) is 26.5. The van der Waals surface area contributed by atoms with Crippen molar-refractivity contribution in [2.45, 2.75) is 77.2 Å². The number of anilines is 1. The van der Waals surface area contributed by atoms with E-state index in [1.807, 2.05) is 13.8 Å². The molecule has 0 spiro atoms. The molecule has 2 aliphatic rings. The first-order valence-electron chi connectivity index (χ1n) is 12.7. The Kier molecular flexibility index (Phi) is 6.24. The maximum absolute atomic E-state index is 13.1. The van der Waals surface area contributed by atoms with Crippen LogP contribution in [0.5, 0.6) is 0 Å². The number of hydrogen-bond acceptors (Lipinski definition) is 5. The number of urea groups is 1. The molecule has 3 N–H and O–H groups in total. The predicted molar refractivity (Wildman–Crippen MR) is 140 cm³/mol. The Hall–Kier alpha value is -3.43. The van der Waals surface area contributed by atoms with Gasteiger partial charge in [-0.1, -0.05) is 45.0 Å². The molecule has 2 heterocycles. The number of aryl methyl sites for hydroxylation is 1. The van der Waals surface area contributed by atoms with Crippen LogP contribution in [0.1, 0.15) is 69.5 Å². The Morgan fingerprint density at radius 3 is 2.68 bits per heavy atom. The highest BCUT2D eigenvalue weighted by Crippen LogP contribution is 2.35. The van der Waals surface area contributed by atoms with Crippen LogP contribution in [0.2, 0.25) is 0 Å². The first-order chi connectivity index (χ1) is 17.4. The van der Waals surface area contributed by atoms with Gasteiger partial charge >= 0.3 is 12.1 Å². The summed E-state index contributed by atoms with van der Waals surface area (Å²) >= 11 is 0. The summed E-state index contributed by atoms with van der Waals surface area (Å²) in [5.41, 5.74) is 5.19. The maximum atomic E-state index is 13.1. The van der Waals surface area contributed by atoms with Crippen LogP contribution in [-0.4, -0.2) is 45.5 Å². The number of nitrogens with one attached hydrogen (secondary N) is 2. The van der Waals surface area contributed by atoms with Crippen LogP contribution in [0.25, 0.3) is 10.9 Å². The number of hydrogen-bond donors (Lipinski definition) is 3. The van der Waals surface area contributed by atoms with Crippen molar-refractivity contribution in [1.82, 2.24) is 15.1 Å². The predicted octanol–water partition coefficient (Wildman–Crippen LogP) is 5.36. The fourth-order valence-corrected chi connectivity index (χ4v) is 5.27. The fraction of sp³-hybridized carbons (Fsp3) is 0.464. The van der Waals surface area contributed by atoms with Crippen LogP contribution in [0, 0.1) is 0 Å². The average Bonchev–Trinajstić information content (AvgIpc) is 3.49. The highest BCUT2D eigenvalue weighted by Gasteiger charge is 2.34. The van der Waals surface area contributed by atoms with Gasteiger partial charge < -0.3 is 25.2 Å². The lowest BCUT2D eigenvalue weighted by Gasteiger charge is -2.21. The van der Waals surface area contributed by atoms with Crippen LogP contribution >= 0.6 is 0 Å². The molecule has 2 amide bonds. The normalized spacial score (nSPS) is 20.7. The van der Waals surface area contributed by atoms with E-state index in [0.717, 1.165) is 23.1 Å². The first kappa shape index (κ1) is 25.2. The van der Waals surface area contributed by atoms with Gasteiger partial charge in [0.15, 0.2) is 5.79 Å². The van der Waals surface area contributed by atoms with E-state index in [4.69, 9.17) is 9.47 Å². The van der Waals surface area contributed by atoms with Gasteiger partial charge in [-0.15, -0.1) is 0 Å². The summed E-state index contributed by atoms with van der Waals surface area (Å²) in [7, 11) is 0. The highest BCUT2D eigenvalue weighted by molar-refractivity contribution is 6.03. The smallest absolute Gasteiger partial charge is 0.432 e. The lowest BCUT2D eigenvalue weighted by atomic mass is 9.85. The van der Waals surface area contributed by atoms with Crippen LogP contribution in [0.15, 0.2) is 36.4 Å². The Morgan fingerprint density at radius 1 is 1.22 bits per heavy atom. The maximum Gasteiger partial charge on any atom is 0.432 e. The third-order valence-corrected chi connectivity index (χ3v) is 7.09. The number of amides is 2. The van der Waals surface area contributed by atoms with Crippen LogP contribution in [0.3, 0.4) is 0 Å². The summed E-state index contributed by atoms with van der Waals surface area (Å²) < 4.78 is 12.5. The van der Waals surface area contributed by atoms with Crippen molar-refractivity contribution >= 4 is 28.7 Å². The molecule has 1 saturated heterocycles. The number of carbonyl (C=O) groups excluding carboxylic acids is 1. The molecule has 3 aromatic rings. The average molecular weight is 507 g/mol. The molecule has 0 radical (unpaired) electrons. The third kappa shape index (κ3) is 5.06. The second-order valence-corrected chi connectivity index (χ2v) is 11.3. The van der Waals surface area contributed by atoms with Crippen LogP contribution < -0.4 is 10.6 Å². The van der Waals surface area contributed by atoms with E-state index in [0.29, 0.717) is 35.3 Å². The van der Waals surface area contributed by atoms with Crippen molar-refractivity contribution in [3.63, 3.8) is 0 Å². The zero-order valence-corrected chi connectivity index (χ0v) is 21.9. The second kappa shape index (κ2) is 9.15. The molecule has 9 nitrogen and oxygen atoms in total. The van der Waals surface area contributed by atoms with Gasteiger partial charge in [-0.05, 0) is 60.9 Å². The van der Waals surface area contributed by atoms with Gasteiger partial charge in [0.1, 0.15) is 0 Å². The van der Waals surface area contributed by atoms with Gasteiger partial charge in [0.05, 0.1) is 35.7 Å². The van der Waals surface area contributed by atoms with Crippen LogP contribution in [-0.2, 0) is 27.7 Å². The van der Waals surface area contributed by atoms with Crippen molar-refractivity contribution in [3.05, 3.63) is 58.8 Å². The molecule has 1 aliphatic carbocycles. The summed E-state index contributed by atoms with van der Waals surface area (Å²) in [6.07, 6.45) is 0.628. The molecule has 0 bridgehead atoms. The molecule has 37 heavy (non-hydrogen) atoms. The zero-order valence-electron chi connectivity index (χ0n) is 21.9. The van der Waals surface area contributed by atoms with Gasteiger partial charge in [-0.2, -0.15) is 9.78 Å². The summed E-state index contributed by atoms with van der Waals surface area (Å²) in [6.45, 7) is 10.6. The number of benzene rings is 2. The van der Waals surface area contributed by atoms with Gasteiger partial charge in [-0.3, -0.25) is 0 Å². The fourth-order valence-electron chi connectivity index (χ4n) is 5.27. The summed E-state index contributed by atoms with van der Waals surface area (Å²) in [4.78, 5) is 25.0. The molecular weight excluding hydrogens is 472 g/mol. The van der Waals surface area contributed by atoms with Crippen molar-refractivity contribution < 1.29 is 24.2 Å². The Labute approximate surface area is 216 Å². The first-order valence-corrected chi connectivity index (χ1v) is 12.7. The van der Waals surface area contributed by atoms with E-state index >= 15 is 0 Å². The number of nitrogens with zero attached hydrogens (tertiary/aromatic N) is 2. The molecule has 0 saturated carbocycles. The number of fused-ring (bicyclic) bond motifs is 2. The largest absolute Gasteiger partial charge is 0.463 e. The minimum Gasteiger partial charge on any atom is -0.463 e. The molecule has 1 aromatic heterocycles. The molecule has 2 unspecified atom stereocenters. The number of aromatic nitrogens is 2. The van der Waals surface area contributed by atoms with Gasteiger partial charge in [0.25, 0.3) is 0 Å². The van der Waals surface area contributed by atoms with Crippen molar-refractivity contribution in [1.29, 1.82) is 0 Å². The molecule has 5 rings (SSSR count). The van der Waals surface area contributed by atoms with Crippen LogP contribution in [0.4, 0.5) is 15.3 Å². The minimum atomic E-state index is -1.20. The van der Waals surface area contributed by atoms with Gasteiger partial charge in [0, 0.05) is 11.8 Å². The van der Waals surface area contributed by atoms with E-state index in [2.05, 4.69) is 54.7 Å². The van der Waals surface area contributed by atoms with E-state index in [1.54, 1.807) is 18.2 Å². The number of carbonyl (C=O) groups is 2. The molecule has 196 valence electrons. The second-order valence-electron chi connectivity index (χ2n) is 11.3. The molecule has 1 aliphatic heterocycles. The topological polar surface area (TPSA) is 115 Å². The Balaban J connectivity index is 1.38. The third-order valence-electron chi connectivity index (χ3n) is 7.09. The van der Waals surface area contributed by atoms with Crippen molar-refractivity contribution in [3.8, 4) is 0 Å². The highest BCUT2D eigenvalue weighted by atomic mass is 16.7. The lowest BCUT2D eigenvalue weighted by molar-refractivity contribution is -0.138. The Morgan fingerprint density at radius 2 is 2.00 bits per heavy atom. The van der Waals surface area contributed by atoms with Crippen molar-refractivity contribution in [2.75, 3.05) is 11.9 Å². The van der Waals surface area contributed by atoms with Gasteiger partial charge in [0.2, 0.25) is 0 Å². The van der Waals surface area contributed by atoms with E-state index in [9.17, 15) is 14.7 Å². The van der Waals surface area contributed by atoms with E-state index < -0.39 is 11.9 Å². The molecular formula is C28H34N4O5.